The standard InChI is InChI=1S/C20H18O8/c1-11-3-7-13(8-4-11)15(21)20(19(26)27,16(22)17(23)24)28-18(25)14-9-5-12(2)6-10-14/h3-10,16,22H,1-2H3,(H,23,24)(H,26,27)/t16-,20-/m1/s1. The Morgan fingerprint density at radius 2 is 1.25 bits per heavy atom. The van der Waals surface area contributed by atoms with Crippen molar-refractivity contribution in [3.05, 3.63) is 70.8 Å². The second kappa shape index (κ2) is 8.01. The lowest BCUT2D eigenvalue weighted by Crippen LogP contribution is -2.61. The van der Waals surface area contributed by atoms with Gasteiger partial charge < -0.3 is 20.1 Å². The Labute approximate surface area is 160 Å². The topological polar surface area (TPSA) is 138 Å². The summed E-state index contributed by atoms with van der Waals surface area (Å²) in [6.07, 6.45) is -2.83. The largest absolute Gasteiger partial charge is 0.479 e. The predicted octanol–water partition coefficient (Wildman–Crippen LogP) is 1.61. The van der Waals surface area contributed by atoms with E-state index in [0.717, 1.165) is 11.1 Å². The second-order valence-corrected chi connectivity index (χ2v) is 6.23. The van der Waals surface area contributed by atoms with Gasteiger partial charge in [0.1, 0.15) is 0 Å². The minimum Gasteiger partial charge on any atom is -0.479 e. The van der Waals surface area contributed by atoms with Crippen LogP contribution in [0.3, 0.4) is 0 Å². The van der Waals surface area contributed by atoms with Crippen LogP contribution in [0.1, 0.15) is 31.8 Å². The van der Waals surface area contributed by atoms with Gasteiger partial charge in [-0.15, -0.1) is 0 Å². The van der Waals surface area contributed by atoms with Crippen molar-refractivity contribution in [1.82, 2.24) is 0 Å². The van der Waals surface area contributed by atoms with Crippen molar-refractivity contribution in [2.75, 3.05) is 0 Å². The zero-order valence-electron chi connectivity index (χ0n) is 15.1. The third-order valence-corrected chi connectivity index (χ3v) is 4.13. The number of carboxylic acids is 2. The van der Waals surface area contributed by atoms with Crippen molar-refractivity contribution in [1.29, 1.82) is 0 Å². The van der Waals surface area contributed by atoms with E-state index in [2.05, 4.69) is 0 Å². The molecule has 0 aliphatic rings. The number of hydrogen-bond acceptors (Lipinski definition) is 6. The number of aliphatic carboxylic acids is 2. The Kier molecular flexibility index (Phi) is 5.95. The molecule has 0 amide bonds. The van der Waals surface area contributed by atoms with E-state index in [1.807, 2.05) is 0 Å². The molecule has 2 rings (SSSR count). The first-order chi connectivity index (χ1) is 13.1. The number of carboxylic acid groups (broad SMARTS) is 2. The number of carbonyl (C=O) groups is 4. The maximum Gasteiger partial charge on any atom is 0.360 e. The van der Waals surface area contributed by atoms with Crippen LogP contribution < -0.4 is 0 Å². The molecule has 2 aromatic rings. The van der Waals surface area contributed by atoms with Crippen LogP contribution in [0.25, 0.3) is 0 Å². The highest BCUT2D eigenvalue weighted by molar-refractivity contribution is 6.19. The van der Waals surface area contributed by atoms with Crippen LogP contribution in [-0.2, 0) is 14.3 Å². The molecule has 0 bridgehead atoms. The average Bonchev–Trinajstić information content (AvgIpc) is 2.65. The Bertz CT molecular complexity index is 914. The molecule has 3 N–H and O–H groups in total. The third kappa shape index (κ3) is 3.91. The summed E-state index contributed by atoms with van der Waals surface area (Å²) in [4.78, 5) is 48.7. The highest BCUT2D eigenvalue weighted by Gasteiger charge is 2.59. The van der Waals surface area contributed by atoms with E-state index >= 15 is 0 Å². The fourth-order valence-electron chi connectivity index (χ4n) is 2.47. The number of carbonyl (C=O) groups excluding carboxylic acids is 2. The second-order valence-electron chi connectivity index (χ2n) is 6.23. The van der Waals surface area contributed by atoms with Crippen molar-refractivity contribution in [3.8, 4) is 0 Å². The van der Waals surface area contributed by atoms with Gasteiger partial charge in [0, 0.05) is 5.56 Å². The lowest BCUT2D eigenvalue weighted by molar-refractivity contribution is -0.176. The maximum atomic E-state index is 12.9. The SMILES string of the molecule is Cc1ccc(C(=O)O[C@](C(=O)O)(C(=O)c2ccc(C)cc2)[C@H](O)C(=O)O)cc1. The van der Waals surface area contributed by atoms with Crippen LogP contribution in [0, 0.1) is 13.8 Å². The van der Waals surface area contributed by atoms with Gasteiger partial charge in [-0.25, -0.2) is 14.4 Å². The third-order valence-electron chi connectivity index (χ3n) is 4.13. The molecule has 0 aliphatic carbocycles. The fourth-order valence-corrected chi connectivity index (χ4v) is 2.47. The molecule has 0 aromatic heterocycles. The normalized spacial score (nSPS) is 13.8. The van der Waals surface area contributed by atoms with Crippen LogP contribution >= 0.6 is 0 Å². The van der Waals surface area contributed by atoms with E-state index in [9.17, 15) is 29.4 Å². The molecule has 0 radical (unpaired) electrons. The van der Waals surface area contributed by atoms with Gasteiger partial charge in [0.15, 0.2) is 0 Å². The van der Waals surface area contributed by atoms with Gasteiger partial charge in [-0.3, -0.25) is 4.79 Å². The Balaban J connectivity index is 2.56. The molecule has 8 heteroatoms. The number of aliphatic hydroxyl groups excluding tert-OH is 1. The van der Waals surface area contributed by atoms with E-state index in [1.165, 1.54) is 36.4 Å². The van der Waals surface area contributed by atoms with Crippen molar-refractivity contribution >= 4 is 23.7 Å². The van der Waals surface area contributed by atoms with Crippen LogP contribution in [-0.4, -0.2) is 50.7 Å². The molecule has 28 heavy (non-hydrogen) atoms. The number of ketones is 1. The van der Waals surface area contributed by atoms with E-state index in [-0.39, 0.29) is 11.1 Å². The summed E-state index contributed by atoms with van der Waals surface area (Å²) in [6, 6.07) is 11.3. The molecule has 0 fully saturated rings. The summed E-state index contributed by atoms with van der Waals surface area (Å²) in [5.41, 5.74) is -2.13. The fraction of sp³-hybridized carbons (Fsp3) is 0.200. The lowest BCUT2D eigenvalue weighted by atomic mass is 9.86. The maximum absolute atomic E-state index is 12.9. The molecule has 146 valence electrons. The highest BCUT2D eigenvalue weighted by Crippen LogP contribution is 2.26. The molecule has 0 heterocycles. The van der Waals surface area contributed by atoms with Gasteiger partial charge in [-0.2, -0.15) is 0 Å². The molecule has 0 spiro atoms. The summed E-state index contributed by atoms with van der Waals surface area (Å²) in [5.74, 6) is -6.76. The number of aryl methyl sites for hydroxylation is 2. The van der Waals surface area contributed by atoms with Gasteiger partial charge in [0.05, 0.1) is 5.56 Å². The Hall–Kier alpha value is -3.52. The quantitative estimate of drug-likeness (QED) is 0.371. The molecular formula is C20H18O8. The summed E-state index contributed by atoms with van der Waals surface area (Å²) >= 11 is 0. The molecular weight excluding hydrogens is 368 g/mol. The number of aliphatic hydroxyl groups is 1. The summed E-state index contributed by atoms with van der Waals surface area (Å²) < 4.78 is 4.88. The van der Waals surface area contributed by atoms with Crippen LogP contribution in [0.4, 0.5) is 0 Å². The smallest absolute Gasteiger partial charge is 0.360 e. The minimum absolute atomic E-state index is 0.106. The molecule has 0 unspecified atom stereocenters. The number of esters is 1. The summed E-state index contributed by atoms with van der Waals surface area (Å²) in [7, 11) is 0. The van der Waals surface area contributed by atoms with E-state index in [0.29, 0.717) is 0 Å². The van der Waals surface area contributed by atoms with Gasteiger partial charge in [0.25, 0.3) is 0 Å². The van der Waals surface area contributed by atoms with Crippen LogP contribution in [0.2, 0.25) is 0 Å². The molecule has 0 saturated carbocycles. The number of benzene rings is 2. The number of rotatable bonds is 7. The first kappa shape index (κ1) is 20.8. The summed E-state index contributed by atoms with van der Waals surface area (Å²) in [6.45, 7) is 3.48. The molecule has 2 aromatic carbocycles. The average molecular weight is 386 g/mol. The van der Waals surface area contributed by atoms with Gasteiger partial charge >= 0.3 is 23.5 Å². The van der Waals surface area contributed by atoms with Crippen LogP contribution in [0.5, 0.6) is 0 Å². The van der Waals surface area contributed by atoms with E-state index < -0.39 is 35.4 Å². The number of hydrogen-bond donors (Lipinski definition) is 3. The first-order valence-corrected chi connectivity index (χ1v) is 8.15. The van der Waals surface area contributed by atoms with E-state index in [1.54, 1.807) is 26.0 Å². The van der Waals surface area contributed by atoms with Crippen molar-refractivity contribution in [2.24, 2.45) is 0 Å². The van der Waals surface area contributed by atoms with Crippen molar-refractivity contribution in [3.63, 3.8) is 0 Å². The minimum atomic E-state index is -3.36. The van der Waals surface area contributed by atoms with Gasteiger partial charge in [-0.1, -0.05) is 47.5 Å². The molecule has 0 saturated heterocycles. The van der Waals surface area contributed by atoms with Crippen molar-refractivity contribution < 1.29 is 39.2 Å². The van der Waals surface area contributed by atoms with E-state index in [4.69, 9.17) is 9.84 Å². The Morgan fingerprint density at radius 1 is 0.821 bits per heavy atom. The lowest BCUT2D eigenvalue weighted by Gasteiger charge is -2.30. The Morgan fingerprint density at radius 3 is 1.64 bits per heavy atom. The monoisotopic (exact) mass is 386 g/mol. The van der Waals surface area contributed by atoms with Gasteiger partial charge in [-0.05, 0) is 26.0 Å². The zero-order valence-corrected chi connectivity index (χ0v) is 15.1. The number of Topliss-reactive ketones (excluding diaryl/α,β-unsaturated/α-hetero) is 1. The van der Waals surface area contributed by atoms with Crippen molar-refractivity contribution in [2.45, 2.75) is 25.6 Å². The van der Waals surface area contributed by atoms with Crippen LogP contribution in [0.15, 0.2) is 48.5 Å². The number of ether oxygens (including phenoxy) is 1. The first-order valence-electron chi connectivity index (χ1n) is 8.15. The molecule has 8 nitrogen and oxygen atoms in total. The van der Waals surface area contributed by atoms with Gasteiger partial charge in [0.2, 0.25) is 11.9 Å². The predicted molar refractivity (Wildman–Crippen MR) is 96.1 cm³/mol. The highest BCUT2D eigenvalue weighted by atomic mass is 16.6. The zero-order chi connectivity index (χ0) is 21.1. The summed E-state index contributed by atoms with van der Waals surface area (Å²) in [5, 5.41) is 28.9. The molecule has 0 aliphatic heterocycles. The molecule has 2 atom stereocenters.